The number of aromatic nitrogens is 1. The molecule has 0 bridgehead atoms. The summed E-state index contributed by atoms with van der Waals surface area (Å²) in [5, 5.41) is 13.2. The van der Waals surface area contributed by atoms with Crippen LogP contribution in [0.5, 0.6) is 5.75 Å². The Morgan fingerprint density at radius 2 is 1.92 bits per heavy atom. The minimum atomic E-state index is -0.835. The number of carbonyl (C=O) groups is 1. The standard InChI is InChI=1S/C19H18N2O3/c1-12-9-18(16-11-15(24-2)7-8-17(16)20-12)21-14-5-3-13(4-6-14)10-19(22)23/h3-9,11H,10H2,1-2H3,(H,20,21)(H,22,23). The van der Waals surface area contributed by atoms with E-state index in [9.17, 15) is 4.79 Å². The summed E-state index contributed by atoms with van der Waals surface area (Å²) < 4.78 is 5.30. The van der Waals surface area contributed by atoms with Crippen molar-refractivity contribution in [3.8, 4) is 5.75 Å². The zero-order valence-electron chi connectivity index (χ0n) is 13.5. The summed E-state index contributed by atoms with van der Waals surface area (Å²) in [7, 11) is 1.64. The fourth-order valence-corrected chi connectivity index (χ4v) is 2.60. The largest absolute Gasteiger partial charge is 0.497 e. The molecule has 0 fully saturated rings. The summed E-state index contributed by atoms with van der Waals surface area (Å²) >= 11 is 0. The second kappa shape index (κ2) is 6.58. The summed E-state index contributed by atoms with van der Waals surface area (Å²) in [6, 6.07) is 15.1. The summed E-state index contributed by atoms with van der Waals surface area (Å²) in [5.41, 5.74) is 4.39. The number of ether oxygens (including phenoxy) is 1. The van der Waals surface area contributed by atoms with Crippen molar-refractivity contribution in [2.45, 2.75) is 13.3 Å². The first kappa shape index (κ1) is 15.8. The van der Waals surface area contributed by atoms with Crippen LogP contribution in [0.25, 0.3) is 10.9 Å². The fourth-order valence-electron chi connectivity index (χ4n) is 2.60. The highest BCUT2D eigenvalue weighted by molar-refractivity contribution is 5.94. The van der Waals surface area contributed by atoms with Crippen molar-refractivity contribution in [3.63, 3.8) is 0 Å². The predicted molar refractivity (Wildman–Crippen MR) is 94.1 cm³/mol. The Bertz CT molecular complexity index is 889. The Kier molecular flexibility index (Phi) is 4.33. The minimum absolute atomic E-state index is 0.0226. The number of anilines is 2. The lowest BCUT2D eigenvalue weighted by molar-refractivity contribution is -0.136. The van der Waals surface area contributed by atoms with Crippen molar-refractivity contribution >= 4 is 28.2 Å². The van der Waals surface area contributed by atoms with Crippen LogP contribution in [0.15, 0.2) is 48.5 Å². The monoisotopic (exact) mass is 322 g/mol. The van der Waals surface area contributed by atoms with E-state index < -0.39 is 5.97 Å². The maximum Gasteiger partial charge on any atom is 0.307 e. The van der Waals surface area contributed by atoms with Crippen LogP contribution in [0.1, 0.15) is 11.3 Å². The number of aliphatic carboxylic acids is 1. The van der Waals surface area contributed by atoms with Gasteiger partial charge in [-0.2, -0.15) is 0 Å². The molecule has 0 saturated heterocycles. The molecule has 0 spiro atoms. The molecule has 1 heterocycles. The van der Waals surface area contributed by atoms with Crippen molar-refractivity contribution in [1.29, 1.82) is 0 Å². The normalized spacial score (nSPS) is 10.6. The highest BCUT2D eigenvalue weighted by Gasteiger charge is 2.07. The molecule has 122 valence electrons. The van der Waals surface area contributed by atoms with Gasteiger partial charge in [-0.05, 0) is 48.9 Å². The lowest BCUT2D eigenvalue weighted by atomic mass is 10.1. The van der Waals surface area contributed by atoms with Gasteiger partial charge in [0.15, 0.2) is 0 Å². The summed E-state index contributed by atoms with van der Waals surface area (Å²) in [6.45, 7) is 1.95. The van der Waals surface area contributed by atoms with Gasteiger partial charge in [-0.3, -0.25) is 9.78 Å². The van der Waals surface area contributed by atoms with E-state index in [0.717, 1.165) is 39.3 Å². The molecule has 24 heavy (non-hydrogen) atoms. The SMILES string of the molecule is COc1ccc2nc(C)cc(Nc3ccc(CC(=O)O)cc3)c2c1. The lowest BCUT2D eigenvalue weighted by Crippen LogP contribution is -2.00. The maximum atomic E-state index is 10.8. The van der Waals surface area contributed by atoms with Crippen LogP contribution in [0.2, 0.25) is 0 Å². The quantitative estimate of drug-likeness (QED) is 0.745. The van der Waals surface area contributed by atoms with E-state index in [1.54, 1.807) is 7.11 Å². The molecule has 5 heteroatoms. The van der Waals surface area contributed by atoms with E-state index in [-0.39, 0.29) is 6.42 Å². The van der Waals surface area contributed by atoms with Crippen LogP contribution in [0.4, 0.5) is 11.4 Å². The molecule has 2 N–H and O–H groups in total. The fraction of sp³-hybridized carbons (Fsp3) is 0.158. The smallest absolute Gasteiger partial charge is 0.307 e. The minimum Gasteiger partial charge on any atom is -0.497 e. The van der Waals surface area contributed by atoms with Gasteiger partial charge in [0.25, 0.3) is 0 Å². The van der Waals surface area contributed by atoms with Crippen LogP contribution >= 0.6 is 0 Å². The molecule has 5 nitrogen and oxygen atoms in total. The Morgan fingerprint density at radius 1 is 1.17 bits per heavy atom. The van der Waals surface area contributed by atoms with Crippen LogP contribution in [-0.4, -0.2) is 23.2 Å². The van der Waals surface area contributed by atoms with Gasteiger partial charge in [-0.15, -0.1) is 0 Å². The predicted octanol–water partition coefficient (Wildman–Crippen LogP) is 3.92. The Hall–Kier alpha value is -3.08. The van der Waals surface area contributed by atoms with Crippen molar-refractivity contribution in [1.82, 2.24) is 4.98 Å². The van der Waals surface area contributed by atoms with Crippen molar-refractivity contribution in [2.24, 2.45) is 0 Å². The summed E-state index contributed by atoms with van der Waals surface area (Å²) in [5.74, 6) is -0.0634. The molecule has 0 radical (unpaired) electrons. The highest BCUT2D eigenvalue weighted by atomic mass is 16.5. The number of methoxy groups -OCH3 is 1. The van der Waals surface area contributed by atoms with Gasteiger partial charge in [0, 0.05) is 22.5 Å². The van der Waals surface area contributed by atoms with Crippen LogP contribution < -0.4 is 10.1 Å². The maximum absolute atomic E-state index is 10.8. The van der Waals surface area contributed by atoms with Crippen molar-refractivity contribution < 1.29 is 14.6 Å². The first-order valence-corrected chi connectivity index (χ1v) is 7.58. The van der Waals surface area contributed by atoms with E-state index in [0.29, 0.717) is 0 Å². The average Bonchev–Trinajstić information content (AvgIpc) is 2.55. The molecule has 3 aromatic rings. The molecule has 3 rings (SSSR count). The van der Waals surface area contributed by atoms with Gasteiger partial charge >= 0.3 is 5.97 Å². The zero-order valence-corrected chi connectivity index (χ0v) is 13.5. The Labute approximate surface area is 139 Å². The molecule has 0 aliphatic heterocycles. The molecular formula is C19H18N2O3. The number of aryl methyl sites for hydroxylation is 1. The number of carboxylic acid groups (broad SMARTS) is 1. The van der Waals surface area contributed by atoms with E-state index in [4.69, 9.17) is 9.84 Å². The zero-order chi connectivity index (χ0) is 17.1. The molecule has 0 aliphatic carbocycles. The molecular weight excluding hydrogens is 304 g/mol. The van der Waals surface area contributed by atoms with Crippen molar-refractivity contribution in [3.05, 3.63) is 59.8 Å². The number of pyridine rings is 1. The van der Waals surface area contributed by atoms with E-state index in [2.05, 4.69) is 10.3 Å². The third-order valence-corrected chi connectivity index (χ3v) is 3.73. The highest BCUT2D eigenvalue weighted by Crippen LogP contribution is 2.29. The van der Waals surface area contributed by atoms with E-state index in [1.165, 1.54) is 0 Å². The number of benzene rings is 2. The molecule has 0 aliphatic rings. The first-order valence-electron chi connectivity index (χ1n) is 7.58. The Morgan fingerprint density at radius 3 is 2.58 bits per heavy atom. The van der Waals surface area contributed by atoms with Crippen LogP contribution in [0.3, 0.4) is 0 Å². The number of hydrogen-bond acceptors (Lipinski definition) is 4. The third-order valence-electron chi connectivity index (χ3n) is 3.73. The van der Waals surface area contributed by atoms with E-state index >= 15 is 0 Å². The van der Waals surface area contributed by atoms with Gasteiger partial charge in [0.2, 0.25) is 0 Å². The first-order chi connectivity index (χ1) is 11.5. The lowest BCUT2D eigenvalue weighted by Gasteiger charge is -2.12. The molecule has 1 aromatic heterocycles. The second-order valence-corrected chi connectivity index (χ2v) is 5.59. The van der Waals surface area contributed by atoms with Gasteiger partial charge in [-0.25, -0.2) is 0 Å². The molecule has 0 saturated carbocycles. The number of nitrogens with one attached hydrogen (secondary N) is 1. The van der Waals surface area contributed by atoms with Gasteiger partial charge < -0.3 is 15.2 Å². The number of nitrogens with zero attached hydrogens (tertiary/aromatic N) is 1. The Balaban J connectivity index is 1.95. The summed E-state index contributed by atoms with van der Waals surface area (Å²) in [4.78, 5) is 15.3. The molecule has 2 aromatic carbocycles. The number of fused-ring (bicyclic) bond motifs is 1. The average molecular weight is 322 g/mol. The van der Waals surface area contributed by atoms with Crippen LogP contribution in [0, 0.1) is 6.92 Å². The third kappa shape index (κ3) is 3.46. The number of hydrogen-bond donors (Lipinski definition) is 2. The second-order valence-electron chi connectivity index (χ2n) is 5.59. The topological polar surface area (TPSA) is 71.5 Å². The molecule has 0 unspecified atom stereocenters. The summed E-state index contributed by atoms with van der Waals surface area (Å²) in [6.07, 6.45) is 0.0226. The number of carboxylic acids is 1. The number of rotatable bonds is 5. The molecule has 0 amide bonds. The molecule has 0 atom stereocenters. The van der Waals surface area contributed by atoms with Crippen LogP contribution in [-0.2, 0) is 11.2 Å². The van der Waals surface area contributed by atoms with Gasteiger partial charge in [0.05, 0.1) is 19.0 Å². The van der Waals surface area contributed by atoms with Gasteiger partial charge in [0.1, 0.15) is 5.75 Å². The van der Waals surface area contributed by atoms with E-state index in [1.807, 2.05) is 55.5 Å². The van der Waals surface area contributed by atoms with Crippen molar-refractivity contribution in [2.75, 3.05) is 12.4 Å². The van der Waals surface area contributed by atoms with Gasteiger partial charge in [-0.1, -0.05) is 12.1 Å².